The summed E-state index contributed by atoms with van der Waals surface area (Å²) in [6, 6.07) is 7.27. The van der Waals surface area contributed by atoms with Crippen molar-refractivity contribution in [1.82, 2.24) is 0 Å². The lowest BCUT2D eigenvalue weighted by molar-refractivity contribution is -0.384. The Hall–Kier alpha value is -1.78. The number of hydrogen-bond acceptors (Lipinski definition) is 9. The van der Waals surface area contributed by atoms with E-state index in [4.69, 9.17) is 17.2 Å². The van der Waals surface area contributed by atoms with E-state index in [9.17, 15) is 10.1 Å². The third-order valence-corrected chi connectivity index (χ3v) is 5.96. The second-order valence-corrected chi connectivity index (χ2v) is 8.36. The van der Waals surface area contributed by atoms with Gasteiger partial charge in [-0.1, -0.05) is 42.1 Å². The first-order valence-electron chi connectivity index (χ1n) is 8.83. The fraction of sp³-hybridized carbons (Fsp3) is 0.529. The van der Waals surface area contributed by atoms with Crippen LogP contribution in [0.25, 0.3) is 0 Å². The molecule has 0 fully saturated rings. The Morgan fingerprint density at radius 1 is 1.11 bits per heavy atom. The predicted molar refractivity (Wildman–Crippen MR) is 115 cm³/mol. The number of nitro benzene ring substituents is 1. The molecule has 0 unspecified atom stereocenters. The van der Waals surface area contributed by atoms with Gasteiger partial charge in [0.05, 0.1) is 17.0 Å². The molecule has 2 heterocycles. The molecule has 148 valence electrons. The van der Waals surface area contributed by atoms with Crippen LogP contribution in [-0.2, 0) is 6.42 Å². The van der Waals surface area contributed by atoms with E-state index >= 15 is 0 Å². The number of non-ortho nitro benzene ring substituents is 1. The number of benzene rings is 1. The number of hydrogen-bond donors (Lipinski definition) is 3. The standard InChI is InChI=1S/C10H11N3O2S.C7H15N3S/c11-10-12-8(6-16-10)4-7-2-1-3-9(5-7)13(14)15;8-4-2-1-3-6-5-11-7(9)10-6/h1-3,5,8H,4,6H2,(H2,11,12);6H,1-5,8H2,(H2,9,10)/t8-;6-/m01/s1. The monoisotopic (exact) mass is 410 g/mol. The van der Waals surface area contributed by atoms with Crippen LogP contribution in [0.5, 0.6) is 0 Å². The maximum atomic E-state index is 10.6. The predicted octanol–water partition coefficient (Wildman–Crippen LogP) is 2.11. The molecule has 8 nitrogen and oxygen atoms in total. The lowest BCUT2D eigenvalue weighted by atomic mass is 10.1. The van der Waals surface area contributed by atoms with E-state index in [1.165, 1.54) is 24.2 Å². The quantitative estimate of drug-likeness (QED) is 0.354. The SMILES string of the molecule is NC1=N[C@@H](Cc2cccc([N+](=O)[O-])c2)CS1.NCCCC[C@@H]1CSC(N)=N1. The van der Waals surface area contributed by atoms with Crippen LogP contribution >= 0.6 is 23.5 Å². The molecule has 1 aromatic carbocycles. The molecule has 10 heteroatoms. The van der Waals surface area contributed by atoms with Gasteiger partial charge in [-0.2, -0.15) is 0 Å². The summed E-state index contributed by atoms with van der Waals surface area (Å²) in [6.07, 6.45) is 4.13. The average molecular weight is 411 g/mol. The normalized spacial score (nSPS) is 21.2. The van der Waals surface area contributed by atoms with Crippen molar-refractivity contribution >= 4 is 39.5 Å². The maximum Gasteiger partial charge on any atom is 0.269 e. The van der Waals surface area contributed by atoms with Gasteiger partial charge in [-0.05, 0) is 31.4 Å². The number of aliphatic imine (C=N–C) groups is 2. The minimum Gasteiger partial charge on any atom is -0.379 e. The molecule has 0 saturated carbocycles. The van der Waals surface area contributed by atoms with Crippen LogP contribution in [0, 0.1) is 10.1 Å². The molecule has 6 N–H and O–H groups in total. The molecule has 0 bridgehead atoms. The number of thioether (sulfide) groups is 2. The third kappa shape index (κ3) is 7.77. The number of rotatable bonds is 7. The highest BCUT2D eigenvalue weighted by atomic mass is 32.2. The van der Waals surface area contributed by atoms with Gasteiger partial charge in [-0.3, -0.25) is 20.1 Å². The Morgan fingerprint density at radius 3 is 2.33 bits per heavy atom. The molecule has 0 aliphatic carbocycles. The zero-order chi connectivity index (χ0) is 19.6. The smallest absolute Gasteiger partial charge is 0.269 e. The highest BCUT2D eigenvalue weighted by Gasteiger charge is 2.17. The molecule has 0 amide bonds. The number of nitrogens with zero attached hydrogens (tertiary/aromatic N) is 3. The molecule has 3 rings (SSSR count). The number of amidine groups is 2. The summed E-state index contributed by atoms with van der Waals surface area (Å²) < 4.78 is 0. The van der Waals surface area contributed by atoms with E-state index < -0.39 is 0 Å². The van der Waals surface area contributed by atoms with E-state index in [1.807, 2.05) is 6.07 Å². The van der Waals surface area contributed by atoms with Crippen LogP contribution in [-0.4, -0.2) is 45.4 Å². The molecular weight excluding hydrogens is 384 g/mol. The largest absolute Gasteiger partial charge is 0.379 e. The lowest BCUT2D eigenvalue weighted by Gasteiger charge is -2.05. The fourth-order valence-electron chi connectivity index (χ4n) is 2.72. The summed E-state index contributed by atoms with van der Waals surface area (Å²) in [4.78, 5) is 18.7. The Kier molecular flexibility index (Phi) is 8.89. The first-order chi connectivity index (χ1) is 13.0. The molecular formula is C17H26N6O2S2. The third-order valence-electron chi connectivity index (χ3n) is 4.05. The van der Waals surface area contributed by atoms with Crippen LogP contribution in [0.4, 0.5) is 5.69 Å². The van der Waals surface area contributed by atoms with Crippen LogP contribution in [0.3, 0.4) is 0 Å². The van der Waals surface area contributed by atoms with Crippen molar-refractivity contribution in [3.8, 4) is 0 Å². The lowest BCUT2D eigenvalue weighted by Crippen LogP contribution is -2.08. The maximum absolute atomic E-state index is 10.6. The Morgan fingerprint density at radius 2 is 1.78 bits per heavy atom. The molecule has 2 aliphatic rings. The van der Waals surface area contributed by atoms with Crippen molar-refractivity contribution in [3.63, 3.8) is 0 Å². The van der Waals surface area contributed by atoms with E-state index in [-0.39, 0.29) is 16.7 Å². The van der Waals surface area contributed by atoms with Gasteiger partial charge in [0.2, 0.25) is 0 Å². The summed E-state index contributed by atoms with van der Waals surface area (Å²) in [6.45, 7) is 0.791. The second-order valence-electron chi connectivity index (χ2n) is 6.28. The van der Waals surface area contributed by atoms with Crippen molar-refractivity contribution in [2.45, 2.75) is 37.8 Å². The number of nitrogens with two attached hydrogens (primary N) is 3. The molecule has 0 spiro atoms. The average Bonchev–Trinajstić information content (AvgIpc) is 3.24. The van der Waals surface area contributed by atoms with Crippen molar-refractivity contribution in [1.29, 1.82) is 0 Å². The van der Waals surface area contributed by atoms with Crippen molar-refractivity contribution in [2.24, 2.45) is 27.2 Å². The fourth-order valence-corrected chi connectivity index (χ4v) is 4.33. The highest BCUT2D eigenvalue weighted by molar-refractivity contribution is 8.14. The van der Waals surface area contributed by atoms with Gasteiger partial charge >= 0.3 is 0 Å². The van der Waals surface area contributed by atoms with Crippen molar-refractivity contribution in [3.05, 3.63) is 39.9 Å². The van der Waals surface area contributed by atoms with Gasteiger partial charge in [-0.15, -0.1) is 0 Å². The second kappa shape index (κ2) is 11.2. The van der Waals surface area contributed by atoms with Gasteiger partial charge in [0, 0.05) is 23.6 Å². The molecule has 0 saturated heterocycles. The molecule has 27 heavy (non-hydrogen) atoms. The van der Waals surface area contributed by atoms with Crippen molar-refractivity contribution in [2.75, 3.05) is 18.1 Å². The van der Waals surface area contributed by atoms with Gasteiger partial charge in [0.25, 0.3) is 5.69 Å². The minimum absolute atomic E-state index is 0.125. The number of unbranched alkanes of at least 4 members (excludes halogenated alkanes) is 1. The van der Waals surface area contributed by atoms with Crippen molar-refractivity contribution < 1.29 is 4.92 Å². The van der Waals surface area contributed by atoms with Gasteiger partial charge in [0.1, 0.15) is 0 Å². The summed E-state index contributed by atoms with van der Waals surface area (Å²) in [5.74, 6) is 1.92. The van der Waals surface area contributed by atoms with Crippen LogP contribution in [0.15, 0.2) is 34.3 Å². The highest BCUT2D eigenvalue weighted by Crippen LogP contribution is 2.21. The zero-order valence-electron chi connectivity index (χ0n) is 15.1. The summed E-state index contributed by atoms with van der Waals surface area (Å²) in [5.41, 5.74) is 17.5. The first-order valence-corrected chi connectivity index (χ1v) is 10.8. The summed E-state index contributed by atoms with van der Waals surface area (Å²) >= 11 is 3.19. The van der Waals surface area contributed by atoms with Crippen LogP contribution in [0.1, 0.15) is 24.8 Å². The summed E-state index contributed by atoms with van der Waals surface area (Å²) in [7, 11) is 0. The van der Waals surface area contributed by atoms with Gasteiger partial charge in [-0.25, -0.2) is 0 Å². The summed E-state index contributed by atoms with van der Waals surface area (Å²) in [5, 5.41) is 12.0. The molecule has 1 aromatic rings. The minimum atomic E-state index is -0.384. The molecule has 0 radical (unpaired) electrons. The zero-order valence-corrected chi connectivity index (χ0v) is 16.8. The molecule has 2 atom stereocenters. The van der Waals surface area contributed by atoms with Gasteiger partial charge in [0.15, 0.2) is 10.3 Å². The van der Waals surface area contributed by atoms with E-state index in [0.717, 1.165) is 41.6 Å². The molecule has 0 aromatic heterocycles. The molecule has 2 aliphatic heterocycles. The van der Waals surface area contributed by atoms with E-state index in [2.05, 4.69) is 9.98 Å². The Balaban J connectivity index is 0.000000208. The Bertz CT molecular complexity index is 698. The first kappa shape index (κ1) is 21.5. The van der Waals surface area contributed by atoms with Crippen LogP contribution in [0.2, 0.25) is 0 Å². The Labute approximate surface area is 167 Å². The van der Waals surface area contributed by atoms with E-state index in [1.54, 1.807) is 23.9 Å². The van der Waals surface area contributed by atoms with Gasteiger partial charge < -0.3 is 17.2 Å². The topological polar surface area (TPSA) is 146 Å². The van der Waals surface area contributed by atoms with E-state index in [0.29, 0.717) is 17.6 Å². The van der Waals surface area contributed by atoms with Crippen LogP contribution < -0.4 is 17.2 Å². The number of nitro groups is 1.